The first-order chi connectivity index (χ1) is 8.73. The van der Waals surface area contributed by atoms with E-state index in [4.69, 9.17) is 10.2 Å². The van der Waals surface area contributed by atoms with Crippen LogP contribution in [-0.4, -0.2) is 6.54 Å². The number of hydrogen-bond acceptors (Lipinski definition) is 4. The molecular formula is C14H17NO2S. The van der Waals surface area contributed by atoms with Gasteiger partial charge in [-0.3, -0.25) is 0 Å². The maximum Gasteiger partial charge on any atom is 0.396 e. The first-order valence-electron chi connectivity index (χ1n) is 6.48. The van der Waals surface area contributed by atoms with Crippen molar-refractivity contribution >= 4 is 21.6 Å². The largest absolute Gasteiger partial charge is 0.414 e. The van der Waals surface area contributed by atoms with Crippen molar-refractivity contribution in [2.24, 2.45) is 5.73 Å². The van der Waals surface area contributed by atoms with Crippen molar-refractivity contribution < 1.29 is 4.42 Å². The SMILES string of the molecule is NCC1(c2ccc3sc(=O)oc3c2)CCCCC1. The molecule has 1 heterocycles. The number of benzene rings is 1. The molecule has 96 valence electrons. The van der Waals surface area contributed by atoms with Gasteiger partial charge in [0.25, 0.3) is 0 Å². The van der Waals surface area contributed by atoms with Crippen LogP contribution in [0.4, 0.5) is 0 Å². The predicted octanol–water partition coefficient (Wildman–Crippen LogP) is 3.02. The van der Waals surface area contributed by atoms with Gasteiger partial charge >= 0.3 is 4.94 Å². The third-order valence-corrected chi connectivity index (χ3v) is 4.95. The Labute approximate surface area is 110 Å². The van der Waals surface area contributed by atoms with E-state index in [1.165, 1.54) is 24.8 Å². The zero-order valence-corrected chi connectivity index (χ0v) is 11.1. The van der Waals surface area contributed by atoms with Gasteiger partial charge in [0.05, 0.1) is 4.70 Å². The van der Waals surface area contributed by atoms with Crippen molar-refractivity contribution in [3.63, 3.8) is 0 Å². The Morgan fingerprint density at radius 2 is 2.06 bits per heavy atom. The van der Waals surface area contributed by atoms with Gasteiger partial charge in [0.2, 0.25) is 0 Å². The third kappa shape index (κ3) is 1.89. The molecule has 1 saturated carbocycles. The normalized spacial score (nSPS) is 19.2. The lowest BCUT2D eigenvalue weighted by Crippen LogP contribution is -2.37. The molecular weight excluding hydrogens is 246 g/mol. The van der Waals surface area contributed by atoms with Gasteiger partial charge < -0.3 is 10.2 Å². The molecule has 0 radical (unpaired) electrons. The van der Waals surface area contributed by atoms with Crippen LogP contribution >= 0.6 is 11.3 Å². The molecule has 4 heteroatoms. The summed E-state index contributed by atoms with van der Waals surface area (Å²) in [5, 5.41) is 0. The third-order valence-electron chi connectivity index (χ3n) is 4.14. The smallest absolute Gasteiger partial charge is 0.396 e. The van der Waals surface area contributed by atoms with Gasteiger partial charge in [-0.1, -0.05) is 36.7 Å². The van der Waals surface area contributed by atoms with Crippen molar-refractivity contribution in [2.45, 2.75) is 37.5 Å². The van der Waals surface area contributed by atoms with E-state index < -0.39 is 0 Å². The van der Waals surface area contributed by atoms with Crippen LogP contribution in [0, 0.1) is 0 Å². The van der Waals surface area contributed by atoms with Crippen LogP contribution in [0.5, 0.6) is 0 Å². The molecule has 0 spiro atoms. The Morgan fingerprint density at radius 1 is 1.28 bits per heavy atom. The molecule has 0 bridgehead atoms. The molecule has 0 saturated heterocycles. The Hall–Kier alpha value is -1.13. The van der Waals surface area contributed by atoms with Gasteiger partial charge in [-0.2, -0.15) is 0 Å². The summed E-state index contributed by atoms with van der Waals surface area (Å²) in [7, 11) is 0. The van der Waals surface area contributed by atoms with Crippen LogP contribution in [-0.2, 0) is 5.41 Å². The Balaban J connectivity index is 2.08. The van der Waals surface area contributed by atoms with E-state index in [2.05, 4.69) is 6.07 Å². The molecule has 3 nitrogen and oxygen atoms in total. The molecule has 0 unspecified atom stereocenters. The highest BCUT2D eigenvalue weighted by molar-refractivity contribution is 7.16. The summed E-state index contributed by atoms with van der Waals surface area (Å²) in [5.74, 6) is 0. The van der Waals surface area contributed by atoms with Gasteiger partial charge in [0, 0.05) is 12.0 Å². The Morgan fingerprint density at radius 3 is 2.78 bits per heavy atom. The second-order valence-corrected chi connectivity index (χ2v) is 6.14. The molecule has 0 aliphatic heterocycles. The fraction of sp³-hybridized carbons (Fsp3) is 0.500. The molecule has 1 aromatic heterocycles. The molecule has 18 heavy (non-hydrogen) atoms. The van der Waals surface area contributed by atoms with E-state index >= 15 is 0 Å². The van der Waals surface area contributed by atoms with Crippen LogP contribution in [0.15, 0.2) is 27.4 Å². The average Bonchev–Trinajstić information content (AvgIpc) is 2.78. The lowest BCUT2D eigenvalue weighted by atomic mass is 9.69. The zero-order chi connectivity index (χ0) is 12.6. The molecule has 2 aromatic rings. The van der Waals surface area contributed by atoms with Crippen LogP contribution in [0.3, 0.4) is 0 Å². The van der Waals surface area contributed by atoms with E-state index in [9.17, 15) is 4.79 Å². The minimum Gasteiger partial charge on any atom is -0.414 e. The molecule has 0 atom stereocenters. The van der Waals surface area contributed by atoms with Crippen molar-refractivity contribution in [3.8, 4) is 0 Å². The molecule has 2 N–H and O–H groups in total. The molecule has 0 amide bonds. The average molecular weight is 263 g/mol. The lowest BCUT2D eigenvalue weighted by molar-refractivity contribution is 0.301. The fourth-order valence-electron chi connectivity index (χ4n) is 3.04. The van der Waals surface area contributed by atoms with E-state index in [0.717, 1.165) is 28.9 Å². The Bertz CT molecular complexity index is 608. The van der Waals surface area contributed by atoms with Gasteiger partial charge in [-0.25, -0.2) is 4.79 Å². The summed E-state index contributed by atoms with van der Waals surface area (Å²) < 4.78 is 6.13. The summed E-state index contributed by atoms with van der Waals surface area (Å²) in [5.41, 5.74) is 8.06. The first kappa shape index (κ1) is 11.9. The highest BCUT2D eigenvalue weighted by atomic mass is 32.1. The van der Waals surface area contributed by atoms with Gasteiger partial charge in [-0.05, 0) is 30.5 Å². The summed E-state index contributed by atoms with van der Waals surface area (Å²) >= 11 is 1.16. The van der Waals surface area contributed by atoms with Crippen LogP contribution in [0.1, 0.15) is 37.7 Å². The quantitative estimate of drug-likeness (QED) is 0.906. The molecule has 3 rings (SSSR count). The number of nitrogens with two attached hydrogens (primary N) is 1. The maximum atomic E-state index is 11.3. The first-order valence-corrected chi connectivity index (χ1v) is 7.29. The summed E-state index contributed by atoms with van der Waals surface area (Å²) in [6.45, 7) is 0.673. The second-order valence-electron chi connectivity index (χ2n) is 5.16. The zero-order valence-electron chi connectivity index (χ0n) is 10.3. The topological polar surface area (TPSA) is 56.2 Å². The predicted molar refractivity (Wildman–Crippen MR) is 74.2 cm³/mol. The van der Waals surface area contributed by atoms with Gasteiger partial charge in [-0.15, -0.1) is 0 Å². The van der Waals surface area contributed by atoms with Crippen molar-refractivity contribution in [3.05, 3.63) is 33.5 Å². The summed E-state index contributed by atoms with van der Waals surface area (Å²) in [6.07, 6.45) is 6.07. The Kier molecular flexibility index (Phi) is 2.99. The molecule has 1 aromatic carbocycles. The number of hydrogen-bond donors (Lipinski definition) is 1. The lowest BCUT2D eigenvalue weighted by Gasteiger charge is -2.36. The standard InChI is InChI=1S/C14H17NO2S/c15-9-14(6-2-1-3-7-14)10-4-5-12-11(8-10)17-13(16)18-12/h4-5,8H,1-3,6-7,9,15H2. The summed E-state index contributed by atoms with van der Waals surface area (Å²) in [4.78, 5) is 11.0. The van der Waals surface area contributed by atoms with Crippen molar-refractivity contribution in [1.29, 1.82) is 0 Å². The minimum atomic E-state index is -0.229. The van der Waals surface area contributed by atoms with Crippen molar-refractivity contribution in [1.82, 2.24) is 0 Å². The molecule has 1 aliphatic carbocycles. The fourth-order valence-corrected chi connectivity index (χ4v) is 3.69. The van der Waals surface area contributed by atoms with E-state index in [-0.39, 0.29) is 10.4 Å². The number of fused-ring (bicyclic) bond motifs is 1. The van der Waals surface area contributed by atoms with E-state index in [1.807, 2.05) is 12.1 Å². The van der Waals surface area contributed by atoms with E-state index in [0.29, 0.717) is 12.1 Å². The number of rotatable bonds is 2. The van der Waals surface area contributed by atoms with Gasteiger partial charge in [0.1, 0.15) is 5.58 Å². The van der Waals surface area contributed by atoms with Crippen molar-refractivity contribution in [2.75, 3.05) is 6.54 Å². The molecule has 1 aliphatic rings. The molecule has 1 fully saturated rings. The van der Waals surface area contributed by atoms with Gasteiger partial charge in [0.15, 0.2) is 0 Å². The van der Waals surface area contributed by atoms with E-state index in [1.54, 1.807) is 0 Å². The van der Waals surface area contributed by atoms with Crippen LogP contribution in [0.2, 0.25) is 0 Å². The second kappa shape index (κ2) is 4.52. The minimum absolute atomic E-state index is 0.0902. The monoisotopic (exact) mass is 263 g/mol. The summed E-state index contributed by atoms with van der Waals surface area (Å²) in [6, 6.07) is 6.13. The highest BCUT2D eigenvalue weighted by Crippen LogP contribution is 2.39. The van der Waals surface area contributed by atoms with Crippen LogP contribution in [0.25, 0.3) is 10.3 Å². The maximum absolute atomic E-state index is 11.3. The van der Waals surface area contributed by atoms with Crippen LogP contribution < -0.4 is 10.7 Å². The highest BCUT2D eigenvalue weighted by Gasteiger charge is 2.32.